The van der Waals surface area contributed by atoms with Crippen molar-refractivity contribution in [1.82, 2.24) is 0 Å². The molecule has 30 heavy (non-hydrogen) atoms. The van der Waals surface area contributed by atoms with E-state index in [2.05, 4.69) is 65.8 Å². The summed E-state index contributed by atoms with van der Waals surface area (Å²) in [6.45, 7) is 14.3. The van der Waals surface area contributed by atoms with Gasteiger partial charge in [0.15, 0.2) is 0 Å². The van der Waals surface area contributed by atoms with Crippen LogP contribution in [0.5, 0.6) is 0 Å². The third kappa shape index (κ3) is 11.0. The molecule has 0 saturated carbocycles. The molecule has 0 N–H and O–H groups in total. The maximum absolute atomic E-state index is 2.43. The molecule has 0 unspecified atom stereocenters. The van der Waals surface area contributed by atoms with Gasteiger partial charge in [-0.1, -0.05) is 156 Å². The van der Waals surface area contributed by atoms with Crippen molar-refractivity contribution in [3.05, 3.63) is 35.4 Å². The first kappa shape index (κ1) is 27.3. The maximum atomic E-state index is 2.43. The van der Waals surface area contributed by atoms with Crippen LogP contribution in [-0.4, -0.2) is 0 Å². The van der Waals surface area contributed by atoms with Crippen molar-refractivity contribution in [2.24, 2.45) is 0 Å². The van der Waals surface area contributed by atoms with Crippen molar-refractivity contribution in [1.29, 1.82) is 0 Å². The van der Waals surface area contributed by atoms with E-state index in [0.29, 0.717) is 10.8 Å². The molecule has 0 heterocycles. The second-order valence-electron chi connectivity index (χ2n) is 11.1. The molecule has 0 aromatic heterocycles. The second kappa shape index (κ2) is 15.1. The predicted octanol–water partition coefficient (Wildman–Crippen LogP) is 10.5. The summed E-state index contributed by atoms with van der Waals surface area (Å²) in [6.07, 6.45) is 22.2. The molecule has 1 aromatic rings. The van der Waals surface area contributed by atoms with Crippen LogP contribution >= 0.6 is 0 Å². The highest BCUT2D eigenvalue weighted by Crippen LogP contribution is 2.34. The standard InChI is InChI=1S/C30H54/c1-7-9-11-13-15-17-19-25-29(3,4)27-21-23-28(24-22-27)30(5,6)26-20-18-16-14-12-10-8-2/h21-24H,7-20,25-26H2,1-6H3. The van der Waals surface area contributed by atoms with Crippen molar-refractivity contribution in [2.45, 2.75) is 155 Å². The number of benzene rings is 1. The molecule has 0 amide bonds. The summed E-state index contributed by atoms with van der Waals surface area (Å²) in [4.78, 5) is 0. The zero-order valence-electron chi connectivity index (χ0n) is 21.6. The van der Waals surface area contributed by atoms with Gasteiger partial charge in [-0.2, -0.15) is 0 Å². The molecule has 174 valence electrons. The Labute approximate surface area is 190 Å². The molecule has 0 heteroatoms. The number of hydrogen-bond donors (Lipinski definition) is 0. The normalized spacial score (nSPS) is 12.5. The summed E-state index contributed by atoms with van der Waals surface area (Å²) in [5, 5.41) is 0. The van der Waals surface area contributed by atoms with Gasteiger partial charge in [0.1, 0.15) is 0 Å². The Morgan fingerprint density at radius 2 is 0.700 bits per heavy atom. The van der Waals surface area contributed by atoms with Gasteiger partial charge in [-0.05, 0) is 34.8 Å². The lowest BCUT2D eigenvalue weighted by atomic mass is 9.76. The van der Waals surface area contributed by atoms with Crippen LogP contribution in [0.4, 0.5) is 0 Å². The molecule has 0 nitrogen and oxygen atoms in total. The summed E-state index contributed by atoms with van der Waals surface area (Å²) in [6, 6.07) is 9.68. The zero-order valence-corrected chi connectivity index (χ0v) is 21.6. The molecule has 0 bridgehead atoms. The van der Waals surface area contributed by atoms with Gasteiger partial charge in [0.25, 0.3) is 0 Å². The second-order valence-corrected chi connectivity index (χ2v) is 11.1. The van der Waals surface area contributed by atoms with E-state index in [-0.39, 0.29) is 0 Å². The quantitative estimate of drug-likeness (QED) is 0.209. The lowest BCUT2D eigenvalue weighted by Gasteiger charge is -2.29. The fraction of sp³-hybridized carbons (Fsp3) is 0.800. The van der Waals surface area contributed by atoms with Crippen LogP contribution in [0, 0.1) is 0 Å². The van der Waals surface area contributed by atoms with Gasteiger partial charge in [0, 0.05) is 0 Å². The molecule has 0 fully saturated rings. The highest BCUT2D eigenvalue weighted by Gasteiger charge is 2.23. The average Bonchev–Trinajstić information content (AvgIpc) is 2.72. The van der Waals surface area contributed by atoms with E-state index in [1.165, 1.54) is 114 Å². The first-order chi connectivity index (χ1) is 14.3. The van der Waals surface area contributed by atoms with Crippen molar-refractivity contribution in [2.75, 3.05) is 0 Å². The average molecular weight is 415 g/mol. The van der Waals surface area contributed by atoms with E-state index in [4.69, 9.17) is 0 Å². The fourth-order valence-corrected chi connectivity index (χ4v) is 4.71. The summed E-state index contributed by atoms with van der Waals surface area (Å²) in [7, 11) is 0. The molecule has 0 saturated heterocycles. The minimum absolute atomic E-state index is 0.296. The highest BCUT2D eigenvalue weighted by atomic mass is 14.3. The molecule has 1 rings (SSSR count). The van der Waals surface area contributed by atoms with Gasteiger partial charge in [-0.3, -0.25) is 0 Å². The Morgan fingerprint density at radius 1 is 0.433 bits per heavy atom. The summed E-state index contributed by atoms with van der Waals surface area (Å²) < 4.78 is 0. The smallest absolute Gasteiger partial charge is 0.0104 e. The molecule has 0 aliphatic heterocycles. The Balaban J connectivity index is 2.40. The first-order valence-electron chi connectivity index (χ1n) is 13.4. The minimum atomic E-state index is 0.296. The Kier molecular flexibility index (Phi) is 13.7. The molecular formula is C30H54. The van der Waals surface area contributed by atoms with Crippen LogP contribution in [-0.2, 0) is 10.8 Å². The molecule has 0 radical (unpaired) electrons. The van der Waals surface area contributed by atoms with Crippen molar-refractivity contribution in [3.8, 4) is 0 Å². The van der Waals surface area contributed by atoms with Crippen molar-refractivity contribution >= 4 is 0 Å². The topological polar surface area (TPSA) is 0 Å². The van der Waals surface area contributed by atoms with Crippen LogP contribution in [0.1, 0.15) is 155 Å². The molecule has 0 aliphatic carbocycles. The Morgan fingerprint density at radius 3 is 1.00 bits per heavy atom. The monoisotopic (exact) mass is 414 g/mol. The van der Waals surface area contributed by atoms with Gasteiger partial charge in [0.2, 0.25) is 0 Å². The SMILES string of the molecule is CCCCCCCCCC(C)(C)c1ccc(C(C)(C)CCCCCCCCC)cc1. The van der Waals surface area contributed by atoms with E-state index >= 15 is 0 Å². The maximum Gasteiger partial charge on any atom is -0.0104 e. The van der Waals surface area contributed by atoms with Crippen LogP contribution in [0.25, 0.3) is 0 Å². The Hall–Kier alpha value is -0.780. The predicted molar refractivity (Wildman–Crippen MR) is 138 cm³/mol. The molecule has 0 aliphatic rings. The fourth-order valence-electron chi connectivity index (χ4n) is 4.71. The summed E-state index contributed by atoms with van der Waals surface area (Å²) >= 11 is 0. The number of rotatable bonds is 18. The van der Waals surface area contributed by atoms with Crippen molar-refractivity contribution in [3.63, 3.8) is 0 Å². The molecule has 0 atom stereocenters. The van der Waals surface area contributed by atoms with Crippen LogP contribution < -0.4 is 0 Å². The van der Waals surface area contributed by atoms with Gasteiger partial charge < -0.3 is 0 Å². The zero-order chi connectivity index (χ0) is 22.3. The number of hydrogen-bond acceptors (Lipinski definition) is 0. The minimum Gasteiger partial charge on any atom is -0.0654 e. The van der Waals surface area contributed by atoms with Gasteiger partial charge in [-0.25, -0.2) is 0 Å². The van der Waals surface area contributed by atoms with E-state index < -0.39 is 0 Å². The molecular weight excluding hydrogens is 360 g/mol. The largest absolute Gasteiger partial charge is 0.0654 e. The van der Waals surface area contributed by atoms with E-state index in [1.54, 1.807) is 0 Å². The van der Waals surface area contributed by atoms with Gasteiger partial charge in [0.05, 0.1) is 0 Å². The van der Waals surface area contributed by atoms with Crippen molar-refractivity contribution < 1.29 is 0 Å². The summed E-state index contributed by atoms with van der Waals surface area (Å²) in [5.41, 5.74) is 3.63. The molecule has 0 spiro atoms. The molecule has 1 aromatic carbocycles. The number of unbranched alkanes of at least 4 members (excludes halogenated alkanes) is 12. The van der Waals surface area contributed by atoms with E-state index in [0.717, 1.165) is 0 Å². The third-order valence-corrected chi connectivity index (χ3v) is 7.26. The van der Waals surface area contributed by atoms with E-state index in [1.807, 2.05) is 0 Å². The van der Waals surface area contributed by atoms with Gasteiger partial charge in [-0.15, -0.1) is 0 Å². The summed E-state index contributed by atoms with van der Waals surface area (Å²) in [5.74, 6) is 0. The lowest BCUT2D eigenvalue weighted by molar-refractivity contribution is 0.435. The lowest BCUT2D eigenvalue weighted by Crippen LogP contribution is -2.19. The first-order valence-corrected chi connectivity index (χ1v) is 13.4. The van der Waals surface area contributed by atoms with Crippen LogP contribution in [0.2, 0.25) is 0 Å². The Bertz CT molecular complexity index is 470. The van der Waals surface area contributed by atoms with Crippen LogP contribution in [0.15, 0.2) is 24.3 Å². The third-order valence-electron chi connectivity index (χ3n) is 7.26. The van der Waals surface area contributed by atoms with E-state index in [9.17, 15) is 0 Å². The van der Waals surface area contributed by atoms with Gasteiger partial charge >= 0.3 is 0 Å². The van der Waals surface area contributed by atoms with Crippen LogP contribution in [0.3, 0.4) is 0 Å². The highest BCUT2D eigenvalue weighted by molar-refractivity contribution is 5.31.